The molecule has 0 bridgehead atoms. The van der Waals surface area contributed by atoms with Gasteiger partial charge in [0.15, 0.2) is 17.5 Å². The topological polar surface area (TPSA) is 68.2 Å². The zero-order valence-electron chi connectivity index (χ0n) is 32.7. The van der Waals surface area contributed by atoms with Crippen LogP contribution in [0.1, 0.15) is 0 Å². The number of furan rings is 2. The molecule has 0 aliphatic rings. The maximum atomic E-state index is 6.70. The molecule has 0 radical (unpaired) electrons. The van der Waals surface area contributed by atoms with Gasteiger partial charge in [-0.3, -0.25) is 0 Å². The van der Waals surface area contributed by atoms with Crippen LogP contribution in [0.25, 0.3) is 99.9 Å². The Kier molecular flexibility index (Phi) is 8.06. The lowest BCUT2D eigenvalue weighted by Crippen LogP contribution is -2.10. The minimum atomic E-state index is 0.534. The Morgan fingerprint density at radius 1 is 0.311 bits per heavy atom. The van der Waals surface area contributed by atoms with Gasteiger partial charge in [0.1, 0.15) is 22.3 Å². The second kappa shape index (κ2) is 14.2. The summed E-state index contributed by atoms with van der Waals surface area (Å²) >= 11 is 0. The van der Waals surface area contributed by atoms with Gasteiger partial charge < -0.3 is 13.7 Å². The second-order valence-corrected chi connectivity index (χ2v) is 15.2. The molecule has 0 aliphatic heterocycles. The van der Waals surface area contributed by atoms with E-state index in [0.29, 0.717) is 17.5 Å². The minimum Gasteiger partial charge on any atom is -0.456 e. The average Bonchev–Trinajstić information content (AvgIpc) is 3.91. The van der Waals surface area contributed by atoms with Crippen molar-refractivity contribution < 1.29 is 8.83 Å². The third-order valence-electron chi connectivity index (χ3n) is 11.5. The molecule has 9 aromatic carbocycles. The summed E-state index contributed by atoms with van der Waals surface area (Å²) < 4.78 is 13.0. The van der Waals surface area contributed by atoms with Crippen LogP contribution >= 0.6 is 0 Å². The normalized spacial score (nSPS) is 11.6. The van der Waals surface area contributed by atoms with Crippen molar-refractivity contribution in [2.45, 2.75) is 0 Å². The summed E-state index contributed by atoms with van der Waals surface area (Å²) in [6.45, 7) is 0. The van der Waals surface area contributed by atoms with Crippen LogP contribution in [-0.4, -0.2) is 15.0 Å². The van der Waals surface area contributed by atoms with Crippen molar-refractivity contribution >= 4 is 71.7 Å². The lowest BCUT2D eigenvalue weighted by atomic mass is 10.0. The van der Waals surface area contributed by atoms with Gasteiger partial charge in [-0.15, -0.1) is 0 Å². The number of hydrogen-bond donors (Lipinski definition) is 0. The van der Waals surface area contributed by atoms with E-state index in [1.54, 1.807) is 0 Å². The first-order chi connectivity index (χ1) is 30.2. The molecule has 0 amide bonds. The third-order valence-corrected chi connectivity index (χ3v) is 11.5. The molecule has 6 nitrogen and oxygen atoms in total. The van der Waals surface area contributed by atoms with E-state index >= 15 is 0 Å². The Bertz CT molecular complexity index is 3590. The predicted octanol–water partition coefficient (Wildman–Crippen LogP) is 15.0. The first-order valence-electron chi connectivity index (χ1n) is 20.3. The van der Waals surface area contributed by atoms with Crippen molar-refractivity contribution in [2.75, 3.05) is 4.90 Å². The quantitative estimate of drug-likeness (QED) is 0.160. The van der Waals surface area contributed by atoms with E-state index < -0.39 is 0 Å². The molecule has 0 fully saturated rings. The van der Waals surface area contributed by atoms with Gasteiger partial charge in [0, 0.05) is 55.7 Å². The molecular weight excluding hydrogens is 749 g/mol. The number of hydrogen-bond acceptors (Lipinski definition) is 6. The van der Waals surface area contributed by atoms with Crippen molar-refractivity contribution in [2.24, 2.45) is 0 Å². The first-order valence-corrected chi connectivity index (χ1v) is 20.3. The molecule has 0 saturated heterocycles. The van der Waals surface area contributed by atoms with Crippen LogP contribution in [0.15, 0.2) is 215 Å². The fourth-order valence-electron chi connectivity index (χ4n) is 8.64. The van der Waals surface area contributed by atoms with Crippen LogP contribution in [0, 0.1) is 0 Å². The van der Waals surface area contributed by atoms with Gasteiger partial charge in [-0.05, 0) is 76.5 Å². The zero-order chi connectivity index (χ0) is 40.3. The van der Waals surface area contributed by atoms with Gasteiger partial charge in [0.05, 0.1) is 5.69 Å². The van der Waals surface area contributed by atoms with Gasteiger partial charge in [0.25, 0.3) is 0 Å². The number of para-hydroxylation sites is 3. The summed E-state index contributed by atoms with van der Waals surface area (Å²) in [6.07, 6.45) is 0. The Morgan fingerprint density at radius 3 is 1.62 bits per heavy atom. The predicted molar refractivity (Wildman–Crippen MR) is 248 cm³/mol. The number of aromatic nitrogens is 3. The van der Waals surface area contributed by atoms with Gasteiger partial charge >= 0.3 is 0 Å². The van der Waals surface area contributed by atoms with Crippen LogP contribution in [0.3, 0.4) is 0 Å². The van der Waals surface area contributed by atoms with Gasteiger partial charge in [0.2, 0.25) is 0 Å². The number of rotatable bonds is 7. The highest BCUT2D eigenvalue weighted by molar-refractivity contribution is 6.14. The van der Waals surface area contributed by atoms with E-state index in [1.165, 1.54) is 16.3 Å². The van der Waals surface area contributed by atoms with Crippen LogP contribution in [-0.2, 0) is 0 Å². The molecule has 3 aromatic heterocycles. The van der Waals surface area contributed by atoms with Crippen molar-refractivity contribution in [3.8, 4) is 45.3 Å². The van der Waals surface area contributed by atoms with Crippen molar-refractivity contribution in [1.29, 1.82) is 0 Å². The Labute approximate surface area is 350 Å². The van der Waals surface area contributed by atoms with E-state index in [1.807, 2.05) is 84.9 Å². The zero-order valence-corrected chi connectivity index (χ0v) is 32.7. The number of nitrogens with zero attached hydrogens (tertiary/aromatic N) is 4. The standard InChI is InChI=1S/C55H34N4O2/c1-3-15-37(16-4-1)53-56-54(45-22-13-25-49-51(45)43-20-9-11-23-47(43)60-49)58-55(57-53)46-33-42(34-50-52(46)44-21-10-12-24-48(44)61-50)59(40-18-5-2-6-19-40)41-30-28-36(29-31-41)39-27-26-35-14-7-8-17-38(35)32-39/h1-34H. The maximum Gasteiger partial charge on any atom is 0.164 e. The van der Waals surface area contributed by atoms with Crippen molar-refractivity contribution in [3.05, 3.63) is 206 Å². The number of benzene rings is 9. The smallest absolute Gasteiger partial charge is 0.164 e. The number of anilines is 3. The molecule has 61 heavy (non-hydrogen) atoms. The molecule has 6 heteroatoms. The molecule has 286 valence electrons. The van der Waals surface area contributed by atoms with E-state index in [-0.39, 0.29) is 0 Å². The maximum absolute atomic E-state index is 6.70. The molecule has 0 N–H and O–H groups in total. The lowest BCUT2D eigenvalue weighted by molar-refractivity contribution is 0.668. The van der Waals surface area contributed by atoms with Gasteiger partial charge in [-0.2, -0.15) is 0 Å². The van der Waals surface area contributed by atoms with Crippen LogP contribution < -0.4 is 4.90 Å². The van der Waals surface area contributed by atoms with Crippen LogP contribution in [0.4, 0.5) is 17.1 Å². The molecule has 0 aliphatic carbocycles. The summed E-state index contributed by atoms with van der Waals surface area (Å²) in [5, 5.41) is 6.32. The van der Waals surface area contributed by atoms with E-state index in [4.69, 9.17) is 23.8 Å². The summed E-state index contributed by atoms with van der Waals surface area (Å²) in [5.74, 6) is 1.66. The molecular formula is C55H34N4O2. The summed E-state index contributed by atoms with van der Waals surface area (Å²) in [5.41, 5.74) is 10.9. The molecule has 12 rings (SSSR count). The number of fused-ring (bicyclic) bond motifs is 7. The highest BCUT2D eigenvalue weighted by Crippen LogP contribution is 2.44. The monoisotopic (exact) mass is 782 g/mol. The SMILES string of the molecule is c1ccc(-c2nc(-c3cccc4oc5ccccc5c34)nc(-c3cc(N(c4ccccc4)c4ccc(-c5ccc6ccccc6c5)cc4)cc4oc5ccccc5c34)n2)cc1. The fourth-order valence-corrected chi connectivity index (χ4v) is 8.64. The summed E-state index contributed by atoms with van der Waals surface area (Å²) in [6, 6.07) is 71.0. The largest absolute Gasteiger partial charge is 0.456 e. The van der Waals surface area contributed by atoms with Gasteiger partial charge in [-0.25, -0.2) is 15.0 Å². The van der Waals surface area contributed by atoms with Crippen LogP contribution in [0.5, 0.6) is 0 Å². The van der Waals surface area contributed by atoms with E-state index in [0.717, 1.165) is 83.2 Å². The van der Waals surface area contributed by atoms with E-state index in [2.05, 4.69) is 126 Å². The Balaban J connectivity index is 1.09. The highest BCUT2D eigenvalue weighted by atomic mass is 16.3. The third kappa shape index (κ3) is 6.00. The molecule has 0 saturated carbocycles. The highest BCUT2D eigenvalue weighted by Gasteiger charge is 2.23. The molecule has 0 spiro atoms. The minimum absolute atomic E-state index is 0.534. The fraction of sp³-hybridized carbons (Fsp3) is 0. The summed E-state index contributed by atoms with van der Waals surface area (Å²) in [7, 11) is 0. The molecule has 12 aromatic rings. The van der Waals surface area contributed by atoms with Gasteiger partial charge in [-0.1, -0.05) is 146 Å². The Morgan fingerprint density at radius 2 is 0.869 bits per heavy atom. The molecule has 3 heterocycles. The van der Waals surface area contributed by atoms with Crippen molar-refractivity contribution in [3.63, 3.8) is 0 Å². The summed E-state index contributed by atoms with van der Waals surface area (Å²) in [4.78, 5) is 18.1. The Hall–Kier alpha value is -8.35. The lowest BCUT2D eigenvalue weighted by Gasteiger charge is -2.26. The first kappa shape index (κ1) is 34.7. The average molecular weight is 783 g/mol. The molecule has 0 atom stereocenters. The van der Waals surface area contributed by atoms with Crippen LogP contribution in [0.2, 0.25) is 0 Å². The van der Waals surface area contributed by atoms with Crippen molar-refractivity contribution in [1.82, 2.24) is 15.0 Å². The second-order valence-electron chi connectivity index (χ2n) is 15.2. The van der Waals surface area contributed by atoms with E-state index in [9.17, 15) is 0 Å². The molecule has 0 unspecified atom stereocenters.